The molecule has 0 aromatic carbocycles. The van der Waals surface area contributed by atoms with Gasteiger partial charge in [0.15, 0.2) is 0 Å². The number of anilines is 1. The number of carbonyl (C=O) groups is 2. The molecule has 1 atom stereocenters. The zero-order valence-corrected chi connectivity index (χ0v) is 10.8. The van der Waals surface area contributed by atoms with Gasteiger partial charge in [-0.15, -0.1) is 11.3 Å². The molecule has 2 rings (SSSR count). The third-order valence-corrected chi connectivity index (χ3v) is 3.40. The van der Waals surface area contributed by atoms with Gasteiger partial charge in [-0.25, -0.2) is 14.8 Å². The van der Waals surface area contributed by atoms with Crippen molar-refractivity contribution in [3.8, 4) is 0 Å². The summed E-state index contributed by atoms with van der Waals surface area (Å²) in [4.78, 5) is 31.5. The van der Waals surface area contributed by atoms with Crippen molar-refractivity contribution in [1.82, 2.24) is 9.97 Å². The lowest BCUT2D eigenvalue weighted by atomic mass is 10.2. The van der Waals surface area contributed by atoms with E-state index in [4.69, 9.17) is 10.2 Å². The van der Waals surface area contributed by atoms with Gasteiger partial charge in [-0.2, -0.15) is 0 Å². The van der Waals surface area contributed by atoms with Crippen LogP contribution in [0.2, 0.25) is 0 Å². The van der Waals surface area contributed by atoms with Gasteiger partial charge < -0.3 is 15.5 Å². The Morgan fingerprint density at radius 3 is 2.79 bits per heavy atom. The van der Waals surface area contributed by atoms with Crippen LogP contribution in [-0.4, -0.2) is 38.2 Å². The van der Waals surface area contributed by atoms with E-state index in [1.807, 2.05) is 13.0 Å². The Balaban J connectivity index is 2.33. The third-order valence-electron chi connectivity index (χ3n) is 2.44. The lowest BCUT2D eigenvalue weighted by Gasteiger charge is -2.13. The number of aliphatic carboxylic acids is 2. The highest BCUT2D eigenvalue weighted by atomic mass is 32.1. The van der Waals surface area contributed by atoms with Gasteiger partial charge in [0.1, 0.15) is 23.0 Å². The molecule has 2 heterocycles. The summed E-state index contributed by atoms with van der Waals surface area (Å²) in [7, 11) is 0. The smallest absolute Gasteiger partial charge is 0.326 e. The first-order valence-corrected chi connectivity index (χ1v) is 6.21. The maximum Gasteiger partial charge on any atom is 0.326 e. The Kier molecular flexibility index (Phi) is 3.61. The van der Waals surface area contributed by atoms with Crippen LogP contribution < -0.4 is 5.32 Å². The first-order chi connectivity index (χ1) is 8.97. The van der Waals surface area contributed by atoms with Gasteiger partial charge in [0.05, 0.1) is 11.8 Å². The molecule has 0 aliphatic heterocycles. The van der Waals surface area contributed by atoms with E-state index in [2.05, 4.69) is 15.3 Å². The van der Waals surface area contributed by atoms with Crippen molar-refractivity contribution in [2.75, 3.05) is 5.32 Å². The zero-order valence-electron chi connectivity index (χ0n) is 9.95. The second-order valence-electron chi connectivity index (χ2n) is 3.93. The maximum atomic E-state index is 11.0. The zero-order chi connectivity index (χ0) is 14.0. The molecular weight excluding hydrogens is 270 g/mol. The van der Waals surface area contributed by atoms with E-state index >= 15 is 0 Å². The van der Waals surface area contributed by atoms with Crippen molar-refractivity contribution in [1.29, 1.82) is 0 Å². The molecule has 0 saturated heterocycles. The highest BCUT2D eigenvalue weighted by molar-refractivity contribution is 7.18. The minimum absolute atomic E-state index is 0.336. The van der Waals surface area contributed by atoms with Crippen LogP contribution in [-0.2, 0) is 9.59 Å². The molecule has 7 nitrogen and oxygen atoms in total. The number of carboxylic acids is 2. The number of fused-ring (bicyclic) bond motifs is 1. The number of carboxylic acid groups (broad SMARTS) is 2. The fourth-order valence-corrected chi connectivity index (χ4v) is 2.48. The highest BCUT2D eigenvalue weighted by Gasteiger charge is 2.22. The molecule has 0 amide bonds. The Morgan fingerprint density at radius 2 is 2.16 bits per heavy atom. The molecule has 19 heavy (non-hydrogen) atoms. The van der Waals surface area contributed by atoms with Crippen molar-refractivity contribution < 1.29 is 19.8 Å². The van der Waals surface area contributed by atoms with Gasteiger partial charge in [0.25, 0.3) is 0 Å². The monoisotopic (exact) mass is 281 g/mol. The van der Waals surface area contributed by atoms with E-state index in [-0.39, 0.29) is 0 Å². The summed E-state index contributed by atoms with van der Waals surface area (Å²) >= 11 is 1.46. The normalized spacial score (nSPS) is 12.3. The topological polar surface area (TPSA) is 112 Å². The van der Waals surface area contributed by atoms with E-state index in [9.17, 15) is 9.59 Å². The van der Waals surface area contributed by atoms with E-state index in [1.165, 1.54) is 17.7 Å². The van der Waals surface area contributed by atoms with E-state index in [1.54, 1.807) is 0 Å². The van der Waals surface area contributed by atoms with Gasteiger partial charge in [-0.05, 0) is 13.0 Å². The molecular formula is C11H11N3O4S. The molecule has 0 aliphatic carbocycles. The number of aromatic nitrogens is 2. The molecule has 3 N–H and O–H groups in total. The minimum Gasteiger partial charge on any atom is -0.481 e. The van der Waals surface area contributed by atoms with Crippen molar-refractivity contribution >= 4 is 39.3 Å². The Labute approximate surface area is 111 Å². The molecule has 0 saturated carbocycles. The Bertz CT molecular complexity index is 640. The number of nitrogens with one attached hydrogen (secondary N) is 1. The molecule has 0 aliphatic rings. The van der Waals surface area contributed by atoms with Crippen molar-refractivity contribution in [3.63, 3.8) is 0 Å². The van der Waals surface area contributed by atoms with Crippen LogP contribution in [0.25, 0.3) is 10.2 Å². The minimum atomic E-state index is -1.24. The predicted molar refractivity (Wildman–Crippen MR) is 69.5 cm³/mol. The summed E-state index contributed by atoms with van der Waals surface area (Å²) in [6.45, 7) is 1.90. The Morgan fingerprint density at radius 1 is 1.42 bits per heavy atom. The number of hydrogen-bond donors (Lipinski definition) is 3. The van der Waals surface area contributed by atoms with E-state index in [0.717, 1.165) is 9.71 Å². The van der Waals surface area contributed by atoms with Crippen LogP contribution in [0.5, 0.6) is 0 Å². The van der Waals surface area contributed by atoms with E-state index in [0.29, 0.717) is 11.2 Å². The van der Waals surface area contributed by atoms with Crippen LogP contribution in [0.3, 0.4) is 0 Å². The maximum absolute atomic E-state index is 11.0. The average molecular weight is 281 g/mol. The molecule has 0 fully saturated rings. The summed E-state index contributed by atoms with van der Waals surface area (Å²) < 4.78 is 0. The first-order valence-electron chi connectivity index (χ1n) is 5.39. The molecule has 0 spiro atoms. The molecule has 100 valence electrons. The average Bonchev–Trinajstić information content (AvgIpc) is 2.68. The van der Waals surface area contributed by atoms with Crippen LogP contribution >= 0.6 is 11.3 Å². The van der Waals surface area contributed by atoms with Gasteiger partial charge >= 0.3 is 11.9 Å². The summed E-state index contributed by atoms with van der Waals surface area (Å²) in [6, 6.07) is 0.609. The number of nitrogens with zero attached hydrogens (tertiary/aromatic N) is 2. The lowest BCUT2D eigenvalue weighted by molar-refractivity contribution is -0.144. The largest absolute Gasteiger partial charge is 0.481 e. The molecule has 2 aromatic rings. The van der Waals surface area contributed by atoms with Crippen molar-refractivity contribution in [2.45, 2.75) is 19.4 Å². The first kappa shape index (κ1) is 13.2. The third kappa shape index (κ3) is 2.97. The standard InChI is InChI=1S/C11H11N3O4S/c1-5-2-6-9(12-4-13-10(6)19-5)14-7(11(17)18)3-8(15)16/h2,4,7H,3H2,1H3,(H,15,16)(H,17,18)(H,12,13,14). The fraction of sp³-hybridized carbons (Fsp3) is 0.273. The lowest BCUT2D eigenvalue weighted by Crippen LogP contribution is -2.32. The Hall–Kier alpha value is -2.22. The second-order valence-corrected chi connectivity index (χ2v) is 5.17. The second kappa shape index (κ2) is 5.19. The summed E-state index contributed by atoms with van der Waals surface area (Å²) in [5.41, 5.74) is 0. The van der Waals surface area contributed by atoms with Crippen LogP contribution in [0.1, 0.15) is 11.3 Å². The van der Waals surface area contributed by atoms with Gasteiger partial charge in [0, 0.05) is 4.88 Å². The quantitative estimate of drug-likeness (QED) is 0.758. The summed E-state index contributed by atoms with van der Waals surface area (Å²) in [5, 5.41) is 21.0. The number of thiophene rings is 1. The van der Waals surface area contributed by atoms with Crippen molar-refractivity contribution in [3.05, 3.63) is 17.3 Å². The fourth-order valence-electron chi connectivity index (χ4n) is 1.63. The van der Waals surface area contributed by atoms with Gasteiger partial charge in [-0.3, -0.25) is 4.79 Å². The molecule has 0 radical (unpaired) electrons. The highest BCUT2D eigenvalue weighted by Crippen LogP contribution is 2.27. The van der Waals surface area contributed by atoms with Crippen LogP contribution in [0.15, 0.2) is 12.4 Å². The number of rotatable bonds is 5. The molecule has 8 heteroatoms. The van der Waals surface area contributed by atoms with Crippen molar-refractivity contribution in [2.24, 2.45) is 0 Å². The number of aryl methyl sites for hydroxylation is 1. The summed E-state index contributed by atoms with van der Waals surface area (Å²) in [6.07, 6.45) is 0.796. The predicted octanol–water partition coefficient (Wildman–Crippen LogP) is 1.34. The molecule has 1 unspecified atom stereocenters. The molecule has 2 aromatic heterocycles. The summed E-state index contributed by atoms with van der Waals surface area (Å²) in [5.74, 6) is -2.09. The van der Waals surface area contributed by atoms with Gasteiger partial charge in [0.2, 0.25) is 0 Å². The molecule has 0 bridgehead atoms. The number of hydrogen-bond acceptors (Lipinski definition) is 6. The van der Waals surface area contributed by atoms with E-state index < -0.39 is 24.4 Å². The SMILES string of the molecule is Cc1cc2c(NC(CC(=O)O)C(=O)O)ncnc2s1. The van der Waals surface area contributed by atoms with Gasteiger partial charge in [-0.1, -0.05) is 0 Å². The van der Waals surface area contributed by atoms with Crippen LogP contribution in [0.4, 0.5) is 5.82 Å². The van der Waals surface area contributed by atoms with Crippen LogP contribution in [0, 0.1) is 6.92 Å².